The minimum absolute atomic E-state index is 0.238. The Hall–Kier alpha value is -2.86. The van der Waals surface area contributed by atoms with E-state index in [2.05, 4.69) is 11.4 Å². The molecule has 3 rings (SSSR count). The third-order valence-corrected chi connectivity index (χ3v) is 5.39. The van der Waals surface area contributed by atoms with Crippen LogP contribution in [0, 0.1) is 0 Å². The monoisotopic (exact) mass is 410 g/mol. The van der Waals surface area contributed by atoms with E-state index in [9.17, 15) is 9.59 Å². The van der Waals surface area contributed by atoms with Crippen molar-refractivity contribution in [3.05, 3.63) is 53.6 Å². The van der Waals surface area contributed by atoms with Gasteiger partial charge in [0.15, 0.2) is 0 Å². The van der Waals surface area contributed by atoms with Gasteiger partial charge in [0.25, 0.3) is 0 Å². The van der Waals surface area contributed by atoms with Gasteiger partial charge in [-0.3, -0.25) is 9.59 Å². The first-order chi connectivity index (χ1) is 14.6. The molecule has 2 aromatic carbocycles. The molecule has 1 heterocycles. The number of carbonyl (C=O) groups excluding carboxylic acids is 2. The van der Waals surface area contributed by atoms with Crippen LogP contribution in [0.1, 0.15) is 30.4 Å². The number of methoxy groups -OCH3 is 2. The van der Waals surface area contributed by atoms with Gasteiger partial charge in [0.2, 0.25) is 5.91 Å². The quantitative estimate of drug-likeness (QED) is 0.481. The molecule has 0 radical (unpaired) electrons. The summed E-state index contributed by atoms with van der Waals surface area (Å²) in [5.74, 6) is 0.814. The maximum absolute atomic E-state index is 11.7. The molecule has 1 aliphatic heterocycles. The van der Waals surface area contributed by atoms with Crippen LogP contribution in [-0.2, 0) is 27.3 Å². The normalized spacial score (nSPS) is 13.5. The first kappa shape index (κ1) is 21.8. The van der Waals surface area contributed by atoms with Gasteiger partial charge in [-0.2, -0.15) is 0 Å². The number of nitrogens with zero attached hydrogens (tertiary/aromatic N) is 1. The second-order valence-electron chi connectivity index (χ2n) is 7.46. The van der Waals surface area contributed by atoms with Gasteiger partial charge < -0.3 is 19.7 Å². The summed E-state index contributed by atoms with van der Waals surface area (Å²) in [6.07, 6.45) is 2.84. The summed E-state index contributed by atoms with van der Waals surface area (Å²) in [7, 11) is 3.07. The summed E-state index contributed by atoms with van der Waals surface area (Å²) in [5, 5.41) is 3.49. The van der Waals surface area contributed by atoms with E-state index in [4.69, 9.17) is 9.47 Å². The molecule has 6 heteroatoms. The Morgan fingerprint density at radius 1 is 1.17 bits per heavy atom. The molecule has 0 saturated carbocycles. The molecule has 2 aromatic rings. The first-order valence-electron chi connectivity index (χ1n) is 10.4. The molecule has 1 aliphatic rings. The fourth-order valence-electron chi connectivity index (χ4n) is 3.86. The van der Waals surface area contributed by atoms with Crippen molar-refractivity contribution < 1.29 is 19.1 Å². The number of nitrogens with one attached hydrogen (secondary N) is 1. The van der Waals surface area contributed by atoms with Crippen LogP contribution in [0.3, 0.4) is 0 Å². The van der Waals surface area contributed by atoms with Crippen LogP contribution in [0.2, 0.25) is 0 Å². The predicted molar refractivity (Wildman–Crippen MR) is 116 cm³/mol. The number of benzene rings is 2. The van der Waals surface area contributed by atoms with Gasteiger partial charge in [-0.1, -0.05) is 36.4 Å². The molecule has 0 spiro atoms. The highest BCUT2D eigenvalue weighted by atomic mass is 16.5. The Bertz CT molecular complexity index is 881. The lowest BCUT2D eigenvalue weighted by atomic mass is 9.96. The van der Waals surface area contributed by atoms with Gasteiger partial charge in [0, 0.05) is 31.6 Å². The van der Waals surface area contributed by atoms with Crippen LogP contribution in [-0.4, -0.2) is 50.6 Å². The lowest BCUT2D eigenvalue weighted by Gasteiger charge is -2.17. The molecule has 0 atom stereocenters. The molecule has 1 amide bonds. The SMILES string of the molecule is COC(=O)Cc1cccc(-c2c(CNCCCN3CCCC3=O)cccc2OC)c1. The van der Waals surface area contributed by atoms with E-state index in [-0.39, 0.29) is 18.3 Å². The molecule has 0 bridgehead atoms. The molecular formula is C24H30N2O4. The molecule has 1 saturated heterocycles. The Labute approximate surface area is 178 Å². The van der Waals surface area contributed by atoms with Crippen LogP contribution < -0.4 is 10.1 Å². The number of hydrogen-bond acceptors (Lipinski definition) is 5. The molecule has 0 aliphatic carbocycles. The third-order valence-electron chi connectivity index (χ3n) is 5.39. The summed E-state index contributed by atoms with van der Waals surface area (Å²) >= 11 is 0. The number of rotatable bonds is 10. The summed E-state index contributed by atoms with van der Waals surface area (Å²) in [6.45, 7) is 3.23. The van der Waals surface area contributed by atoms with Crippen molar-refractivity contribution in [1.82, 2.24) is 10.2 Å². The van der Waals surface area contributed by atoms with Gasteiger partial charge in [-0.05, 0) is 42.1 Å². The molecule has 160 valence electrons. The van der Waals surface area contributed by atoms with E-state index in [1.165, 1.54) is 7.11 Å². The molecule has 30 heavy (non-hydrogen) atoms. The largest absolute Gasteiger partial charge is 0.496 e. The van der Waals surface area contributed by atoms with Gasteiger partial charge >= 0.3 is 5.97 Å². The second-order valence-corrected chi connectivity index (χ2v) is 7.46. The maximum atomic E-state index is 11.7. The Balaban J connectivity index is 1.68. The van der Waals surface area contributed by atoms with Crippen molar-refractivity contribution in [3.8, 4) is 16.9 Å². The number of likely N-dealkylation sites (tertiary alicyclic amines) is 1. The fourth-order valence-corrected chi connectivity index (χ4v) is 3.86. The minimum Gasteiger partial charge on any atom is -0.496 e. The van der Waals surface area contributed by atoms with Crippen molar-refractivity contribution >= 4 is 11.9 Å². The van der Waals surface area contributed by atoms with Crippen molar-refractivity contribution in [1.29, 1.82) is 0 Å². The van der Waals surface area contributed by atoms with Crippen molar-refractivity contribution in [2.24, 2.45) is 0 Å². The highest BCUT2D eigenvalue weighted by molar-refractivity contribution is 5.78. The second kappa shape index (κ2) is 10.8. The number of ether oxygens (including phenoxy) is 2. The Morgan fingerprint density at radius 2 is 2.00 bits per heavy atom. The van der Waals surface area contributed by atoms with Crippen molar-refractivity contribution in [3.63, 3.8) is 0 Å². The molecule has 1 N–H and O–H groups in total. The van der Waals surface area contributed by atoms with Gasteiger partial charge in [-0.15, -0.1) is 0 Å². The number of amides is 1. The van der Waals surface area contributed by atoms with Crippen LogP contribution >= 0.6 is 0 Å². The molecule has 0 unspecified atom stereocenters. The van der Waals surface area contributed by atoms with Gasteiger partial charge in [0.1, 0.15) is 5.75 Å². The van der Waals surface area contributed by atoms with Gasteiger partial charge in [-0.25, -0.2) is 0 Å². The van der Waals surface area contributed by atoms with Crippen molar-refractivity contribution in [2.75, 3.05) is 33.9 Å². The van der Waals surface area contributed by atoms with Crippen LogP contribution in [0.15, 0.2) is 42.5 Å². The van der Waals surface area contributed by atoms with Crippen molar-refractivity contribution in [2.45, 2.75) is 32.2 Å². The molecule has 6 nitrogen and oxygen atoms in total. The zero-order chi connectivity index (χ0) is 21.3. The zero-order valence-electron chi connectivity index (χ0n) is 17.8. The summed E-state index contributed by atoms with van der Waals surface area (Å²) < 4.78 is 10.4. The van der Waals surface area contributed by atoms with E-state index in [0.29, 0.717) is 13.0 Å². The topological polar surface area (TPSA) is 67.9 Å². The van der Waals surface area contributed by atoms with Crippen LogP contribution in [0.25, 0.3) is 11.1 Å². The number of carbonyl (C=O) groups is 2. The highest BCUT2D eigenvalue weighted by Gasteiger charge is 2.19. The molecule has 1 fully saturated rings. The first-order valence-corrected chi connectivity index (χ1v) is 10.4. The fraction of sp³-hybridized carbons (Fsp3) is 0.417. The number of esters is 1. The lowest BCUT2D eigenvalue weighted by Crippen LogP contribution is -2.28. The van der Waals surface area contributed by atoms with Gasteiger partial charge in [0.05, 0.1) is 20.6 Å². The van der Waals surface area contributed by atoms with E-state index in [0.717, 1.165) is 60.5 Å². The summed E-state index contributed by atoms with van der Waals surface area (Å²) in [6, 6.07) is 13.9. The average Bonchev–Trinajstić information content (AvgIpc) is 3.18. The average molecular weight is 411 g/mol. The molecule has 0 aromatic heterocycles. The minimum atomic E-state index is -0.259. The summed E-state index contributed by atoms with van der Waals surface area (Å²) in [4.78, 5) is 25.3. The van der Waals surface area contributed by atoms with Crippen LogP contribution in [0.5, 0.6) is 5.75 Å². The Morgan fingerprint density at radius 3 is 2.73 bits per heavy atom. The van der Waals surface area contributed by atoms with E-state index in [1.54, 1.807) is 7.11 Å². The number of hydrogen-bond donors (Lipinski definition) is 1. The standard InChI is InChI=1S/C24H30N2O4/c1-29-21-10-4-9-20(17-25-12-6-14-26-13-5-11-22(26)27)24(21)19-8-3-7-18(15-19)16-23(28)30-2/h3-4,7-10,15,25H,5-6,11-14,16-17H2,1-2H3. The van der Waals surface area contributed by atoms with Crippen LogP contribution in [0.4, 0.5) is 0 Å². The highest BCUT2D eigenvalue weighted by Crippen LogP contribution is 2.34. The summed E-state index contributed by atoms with van der Waals surface area (Å²) in [5.41, 5.74) is 4.06. The molecular weight excluding hydrogens is 380 g/mol. The van der Waals surface area contributed by atoms with E-state index in [1.807, 2.05) is 41.3 Å². The lowest BCUT2D eigenvalue weighted by molar-refractivity contribution is -0.139. The smallest absolute Gasteiger partial charge is 0.309 e. The predicted octanol–water partition coefficient (Wildman–Crippen LogP) is 3.18. The Kier molecular flexibility index (Phi) is 7.85. The van der Waals surface area contributed by atoms with E-state index >= 15 is 0 Å². The zero-order valence-corrected chi connectivity index (χ0v) is 17.8. The third kappa shape index (κ3) is 5.60. The van der Waals surface area contributed by atoms with E-state index < -0.39 is 0 Å². The maximum Gasteiger partial charge on any atom is 0.309 e.